The first-order chi connectivity index (χ1) is 9.54. The van der Waals surface area contributed by atoms with Gasteiger partial charge >= 0.3 is 11.9 Å². The first kappa shape index (κ1) is 16.1. The van der Waals surface area contributed by atoms with Gasteiger partial charge in [-0.2, -0.15) is 0 Å². The van der Waals surface area contributed by atoms with Crippen LogP contribution in [0.25, 0.3) is 0 Å². The molecular formula is C14H19NO5. The summed E-state index contributed by atoms with van der Waals surface area (Å²) < 4.78 is 4.87. The number of esters is 1. The van der Waals surface area contributed by atoms with E-state index < -0.39 is 24.1 Å². The van der Waals surface area contributed by atoms with E-state index in [4.69, 9.17) is 9.84 Å². The Balaban J connectivity index is 2.67. The molecule has 0 radical (unpaired) electrons. The van der Waals surface area contributed by atoms with E-state index in [2.05, 4.69) is 5.32 Å². The fourth-order valence-corrected chi connectivity index (χ4v) is 1.75. The van der Waals surface area contributed by atoms with Gasteiger partial charge in [0, 0.05) is 6.42 Å². The van der Waals surface area contributed by atoms with Crippen molar-refractivity contribution in [3.8, 4) is 0 Å². The Morgan fingerprint density at radius 3 is 2.50 bits per heavy atom. The molecule has 20 heavy (non-hydrogen) atoms. The van der Waals surface area contributed by atoms with Gasteiger partial charge in [0.2, 0.25) is 0 Å². The van der Waals surface area contributed by atoms with Crippen LogP contribution in [-0.2, 0) is 14.3 Å². The normalized spacial score (nSPS) is 13.5. The van der Waals surface area contributed by atoms with Crippen molar-refractivity contribution in [3.05, 3.63) is 35.9 Å². The van der Waals surface area contributed by atoms with E-state index in [1.54, 1.807) is 31.2 Å². The summed E-state index contributed by atoms with van der Waals surface area (Å²) in [5.74, 6) is -1.64. The number of carbonyl (C=O) groups excluding carboxylic acids is 1. The zero-order chi connectivity index (χ0) is 15.0. The highest BCUT2D eigenvalue weighted by atomic mass is 16.5. The number of aliphatic hydroxyl groups excluding tert-OH is 1. The van der Waals surface area contributed by atoms with Gasteiger partial charge in [0.05, 0.1) is 19.3 Å². The van der Waals surface area contributed by atoms with Crippen LogP contribution >= 0.6 is 0 Å². The summed E-state index contributed by atoms with van der Waals surface area (Å²) in [4.78, 5) is 22.3. The molecule has 0 saturated heterocycles. The first-order valence-corrected chi connectivity index (χ1v) is 6.39. The van der Waals surface area contributed by atoms with E-state index in [-0.39, 0.29) is 19.6 Å². The van der Waals surface area contributed by atoms with E-state index in [0.29, 0.717) is 5.56 Å². The summed E-state index contributed by atoms with van der Waals surface area (Å²) in [5.41, 5.74) is 0.666. The Labute approximate surface area is 117 Å². The number of aliphatic carboxylic acids is 1. The quantitative estimate of drug-likeness (QED) is 0.608. The molecule has 1 aromatic carbocycles. The fraction of sp³-hybridized carbons (Fsp3) is 0.429. The van der Waals surface area contributed by atoms with Gasteiger partial charge in [0.15, 0.2) is 0 Å². The number of ether oxygens (including phenoxy) is 1. The van der Waals surface area contributed by atoms with Crippen molar-refractivity contribution in [1.82, 2.24) is 5.32 Å². The molecule has 0 fully saturated rings. The monoisotopic (exact) mass is 281 g/mol. The fourth-order valence-electron chi connectivity index (χ4n) is 1.75. The Bertz CT molecular complexity index is 434. The second-order valence-electron chi connectivity index (χ2n) is 4.24. The minimum absolute atomic E-state index is 0.0517. The largest absolute Gasteiger partial charge is 0.480 e. The predicted molar refractivity (Wildman–Crippen MR) is 72.1 cm³/mol. The van der Waals surface area contributed by atoms with Crippen LogP contribution in [0.4, 0.5) is 0 Å². The second-order valence-corrected chi connectivity index (χ2v) is 4.24. The summed E-state index contributed by atoms with van der Waals surface area (Å²) in [6, 6.07) is 8.00. The predicted octanol–water partition coefficient (Wildman–Crippen LogP) is 0.716. The lowest BCUT2D eigenvalue weighted by Crippen LogP contribution is -2.41. The lowest BCUT2D eigenvalue weighted by Gasteiger charge is -2.19. The average Bonchev–Trinajstić information content (AvgIpc) is 2.44. The molecule has 6 nitrogen and oxygen atoms in total. The number of rotatable bonds is 8. The Kier molecular flexibility index (Phi) is 6.69. The Morgan fingerprint density at radius 1 is 1.30 bits per heavy atom. The minimum Gasteiger partial charge on any atom is -0.480 e. The van der Waals surface area contributed by atoms with Gasteiger partial charge in [-0.15, -0.1) is 0 Å². The van der Waals surface area contributed by atoms with E-state index in [1.807, 2.05) is 6.07 Å². The lowest BCUT2D eigenvalue weighted by molar-refractivity contribution is -0.147. The Hall–Kier alpha value is -1.92. The molecule has 0 spiro atoms. The SMILES string of the molecule is CCOC(=O)[C@H](CC(O)c1ccccc1)NCC(=O)O. The van der Waals surface area contributed by atoms with Gasteiger partial charge in [-0.25, -0.2) is 0 Å². The standard InChI is InChI=1S/C14H19NO5/c1-2-20-14(19)11(15-9-13(17)18)8-12(16)10-6-4-3-5-7-10/h3-7,11-12,15-16H,2,8-9H2,1H3,(H,17,18)/t11-,12?/m0/s1. The second kappa shape index (κ2) is 8.29. The molecule has 0 aliphatic carbocycles. The molecule has 3 N–H and O–H groups in total. The van der Waals surface area contributed by atoms with E-state index >= 15 is 0 Å². The number of carboxylic acid groups (broad SMARTS) is 1. The molecule has 2 atom stereocenters. The molecule has 0 bridgehead atoms. The van der Waals surface area contributed by atoms with Gasteiger partial charge < -0.3 is 14.9 Å². The molecule has 1 unspecified atom stereocenters. The molecule has 0 heterocycles. The molecule has 110 valence electrons. The van der Waals surface area contributed by atoms with Gasteiger partial charge in [-0.3, -0.25) is 14.9 Å². The third-order valence-corrected chi connectivity index (χ3v) is 2.71. The number of nitrogens with one attached hydrogen (secondary N) is 1. The number of carbonyl (C=O) groups is 2. The van der Waals surface area contributed by atoms with E-state index in [9.17, 15) is 14.7 Å². The molecule has 0 saturated carbocycles. The van der Waals surface area contributed by atoms with Gasteiger partial charge in [-0.1, -0.05) is 30.3 Å². The maximum Gasteiger partial charge on any atom is 0.323 e. The maximum absolute atomic E-state index is 11.7. The van der Waals surface area contributed by atoms with Crippen molar-refractivity contribution in [2.24, 2.45) is 0 Å². The molecule has 1 rings (SSSR count). The van der Waals surface area contributed by atoms with Crippen LogP contribution in [0.3, 0.4) is 0 Å². The van der Waals surface area contributed by atoms with Crippen molar-refractivity contribution in [1.29, 1.82) is 0 Å². The molecule has 1 aromatic rings. The van der Waals surface area contributed by atoms with E-state index in [0.717, 1.165) is 0 Å². The summed E-state index contributed by atoms with van der Waals surface area (Å²) in [5, 5.41) is 21.3. The van der Waals surface area contributed by atoms with Crippen LogP contribution in [0.5, 0.6) is 0 Å². The van der Waals surface area contributed by atoms with Crippen molar-refractivity contribution in [3.63, 3.8) is 0 Å². The molecule has 0 aliphatic rings. The summed E-state index contributed by atoms with van der Waals surface area (Å²) in [6.07, 6.45) is -0.817. The molecule has 0 aromatic heterocycles. The van der Waals surface area contributed by atoms with Crippen LogP contribution in [0.2, 0.25) is 0 Å². The van der Waals surface area contributed by atoms with Gasteiger partial charge in [0.25, 0.3) is 0 Å². The number of hydrogen-bond donors (Lipinski definition) is 3. The van der Waals surface area contributed by atoms with Gasteiger partial charge in [-0.05, 0) is 12.5 Å². The Morgan fingerprint density at radius 2 is 1.95 bits per heavy atom. The smallest absolute Gasteiger partial charge is 0.323 e. The highest BCUT2D eigenvalue weighted by molar-refractivity contribution is 5.77. The lowest BCUT2D eigenvalue weighted by atomic mass is 10.0. The minimum atomic E-state index is -1.08. The summed E-state index contributed by atoms with van der Waals surface area (Å²) in [7, 11) is 0. The molecule has 0 aliphatic heterocycles. The van der Waals surface area contributed by atoms with Crippen LogP contribution in [-0.4, -0.2) is 41.3 Å². The third-order valence-electron chi connectivity index (χ3n) is 2.71. The van der Waals surface area contributed by atoms with Crippen LogP contribution < -0.4 is 5.32 Å². The van der Waals surface area contributed by atoms with Crippen molar-refractivity contribution < 1.29 is 24.5 Å². The highest BCUT2D eigenvalue weighted by Crippen LogP contribution is 2.18. The van der Waals surface area contributed by atoms with Crippen molar-refractivity contribution >= 4 is 11.9 Å². The van der Waals surface area contributed by atoms with Crippen molar-refractivity contribution in [2.45, 2.75) is 25.5 Å². The third kappa shape index (κ3) is 5.38. The molecule has 6 heteroatoms. The van der Waals surface area contributed by atoms with E-state index in [1.165, 1.54) is 0 Å². The number of aliphatic hydroxyl groups is 1. The molecule has 0 amide bonds. The van der Waals surface area contributed by atoms with Crippen LogP contribution in [0.1, 0.15) is 25.0 Å². The average molecular weight is 281 g/mol. The number of hydrogen-bond acceptors (Lipinski definition) is 5. The van der Waals surface area contributed by atoms with Crippen LogP contribution in [0, 0.1) is 0 Å². The zero-order valence-corrected chi connectivity index (χ0v) is 11.3. The highest BCUT2D eigenvalue weighted by Gasteiger charge is 2.24. The van der Waals surface area contributed by atoms with Gasteiger partial charge in [0.1, 0.15) is 6.04 Å². The zero-order valence-electron chi connectivity index (χ0n) is 11.3. The number of carboxylic acids is 1. The van der Waals surface area contributed by atoms with Crippen LogP contribution in [0.15, 0.2) is 30.3 Å². The first-order valence-electron chi connectivity index (χ1n) is 6.39. The summed E-state index contributed by atoms with van der Waals surface area (Å²) >= 11 is 0. The number of benzene rings is 1. The van der Waals surface area contributed by atoms with Crippen molar-refractivity contribution in [2.75, 3.05) is 13.2 Å². The topological polar surface area (TPSA) is 95.9 Å². The molecular weight excluding hydrogens is 262 g/mol. The maximum atomic E-state index is 11.7. The summed E-state index contributed by atoms with van der Waals surface area (Å²) in [6.45, 7) is 1.50.